The van der Waals surface area contributed by atoms with E-state index < -0.39 is 49.1 Å². The lowest BCUT2D eigenvalue weighted by Gasteiger charge is -2.18. The van der Waals surface area contributed by atoms with Crippen LogP contribution < -0.4 is 78.3 Å². The summed E-state index contributed by atoms with van der Waals surface area (Å²) in [6.07, 6.45) is 20.7. The van der Waals surface area contributed by atoms with E-state index in [1.807, 2.05) is 145 Å². The number of aromatic nitrogens is 7. The zero-order valence-corrected chi connectivity index (χ0v) is 50.0. The van der Waals surface area contributed by atoms with Gasteiger partial charge >= 0.3 is 11.9 Å². The Balaban J connectivity index is 0.00000541. The first-order chi connectivity index (χ1) is 41.0. The molecule has 25 heteroatoms. The summed E-state index contributed by atoms with van der Waals surface area (Å²) in [5.41, 5.74) is 21.7. The van der Waals surface area contributed by atoms with Crippen molar-refractivity contribution in [1.82, 2.24) is 41.2 Å². The van der Waals surface area contributed by atoms with Gasteiger partial charge < -0.3 is 74.1 Å². The molecule has 0 unspecified atom stereocenters. The second-order valence-corrected chi connectivity index (χ2v) is 20.1. The number of carbonyl (C=O) groups excluding carboxylic acids is 4. The average Bonchev–Trinajstić information content (AvgIpc) is 4.57. The highest BCUT2D eigenvalue weighted by atomic mass is 35.5. The van der Waals surface area contributed by atoms with E-state index in [0.717, 1.165) is 33.4 Å². The van der Waals surface area contributed by atoms with Crippen LogP contribution in [-0.2, 0) is 49.8 Å². The van der Waals surface area contributed by atoms with Crippen LogP contribution in [0.1, 0.15) is 48.5 Å². The van der Waals surface area contributed by atoms with E-state index in [2.05, 4.69) is 33.4 Å². The number of carbonyl (C=O) groups is 4. The van der Waals surface area contributed by atoms with Gasteiger partial charge in [-0.3, -0.25) is 20.4 Å². The van der Waals surface area contributed by atoms with Crippen molar-refractivity contribution in [2.75, 3.05) is 40.5 Å². The van der Waals surface area contributed by atoms with E-state index in [1.165, 1.54) is 20.3 Å². The molecule has 8 bridgehead atoms. The predicted octanol–water partition coefficient (Wildman–Crippen LogP) is 1.08. The van der Waals surface area contributed by atoms with Gasteiger partial charge in [-0.25, -0.2) is 33.3 Å². The quantitative estimate of drug-likeness (QED) is 0.0155. The third-order valence-electron chi connectivity index (χ3n) is 13.9. The van der Waals surface area contributed by atoms with Gasteiger partial charge in [0.05, 0.1) is 37.0 Å². The Hall–Kier alpha value is -10.1. The second-order valence-electron chi connectivity index (χ2n) is 20.1. The number of guanidine groups is 2. The number of benzene rings is 1. The molecule has 0 radical (unpaired) electrons. The summed E-state index contributed by atoms with van der Waals surface area (Å²) in [7, 11) is 8.29. The lowest BCUT2D eigenvalue weighted by molar-refractivity contribution is -0.671. The summed E-state index contributed by atoms with van der Waals surface area (Å²) in [4.78, 5) is 74.6. The number of aryl methyl sites for hydroxylation is 3. The molecule has 2 atom stereocenters. The fourth-order valence-corrected chi connectivity index (χ4v) is 9.77. The summed E-state index contributed by atoms with van der Waals surface area (Å²) in [6, 6.07) is 22.8. The monoisotopic (exact) mass is 1220 g/mol. The van der Waals surface area contributed by atoms with Crippen molar-refractivity contribution in [3.05, 3.63) is 139 Å². The molecule has 6 aromatic heterocycles. The normalized spacial score (nSPS) is 11.9. The predicted molar refractivity (Wildman–Crippen MR) is 327 cm³/mol. The molecule has 2 aliphatic rings. The Morgan fingerprint density at radius 3 is 1.13 bits per heavy atom. The highest BCUT2D eigenvalue weighted by Gasteiger charge is 2.24. The second kappa shape index (κ2) is 29.6. The Kier molecular flexibility index (Phi) is 21.9. The van der Waals surface area contributed by atoms with Crippen LogP contribution in [-0.4, -0.2) is 98.2 Å². The number of ether oxygens (including phenoxy) is 4. The average molecular weight is 1220 g/mol. The van der Waals surface area contributed by atoms with Crippen LogP contribution in [0.5, 0.6) is 11.5 Å². The molecule has 1 aromatic carbocycles. The third kappa shape index (κ3) is 16.2. The molecule has 23 nitrogen and oxygen atoms in total. The Bertz CT molecular complexity index is 3800. The maximum atomic E-state index is 13.7. The van der Waals surface area contributed by atoms with E-state index in [1.54, 1.807) is 12.1 Å². The van der Waals surface area contributed by atoms with Gasteiger partial charge in [0.2, 0.25) is 0 Å². The smallest absolute Gasteiger partial charge is 0.328 e. The van der Waals surface area contributed by atoms with Crippen LogP contribution in [0.2, 0.25) is 0 Å². The van der Waals surface area contributed by atoms with Crippen LogP contribution in [0, 0.1) is 10.8 Å². The number of methoxy groups -OCH3 is 2. The molecule has 8 heterocycles. The van der Waals surface area contributed by atoms with Crippen LogP contribution in [0.15, 0.2) is 116 Å². The molecule has 2 amide bonds. The molecule has 0 saturated heterocycles. The van der Waals surface area contributed by atoms with Gasteiger partial charge in [0.25, 0.3) is 11.8 Å². The van der Waals surface area contributed by atoms with Crippen LogP contribution >= 0.6 is 12.4 Å². The minimum absolute atomic E-state index is 0. The van der Waals surface area contributed by atoms with E-state index in [-0.39, 0.29) is 74.2 Å². The van der Waals surface area contributed by atoms with Crippen molar-refractivity contribution >= 4 is 94.4 Å². The number of halogens is 2. The lowest BCUT2D eigenvalue weighted by atomic mass is 10.0. The van der Waals surface area contributed by atoms with Crippen molar-refractivity contribution < 1.29 is 64.2 Å². The Labute approximate surface area is 514 Å². The molecule has 0 saturated carbocycles. The summed E-state index contributed by atoms with van der Waals surface area (Å²) in [6.45, 7) is -0.578. The van der Waals surface area contributed by atoms with E-state index >= 15 is 0 Å². The van der Waals surface area contributed by atoms with Gasteiger partial charge in [-0.05, 0) is 107 Å². The molecule has 2 aliphatic heterocycles. The van der Waals surface area contributed by atoms with Gasteiger partial charge in [-0.15, -0.1) is 34.5 Å². The van der Waals surface area contributed by atoms with Crippen LogP contribution in [0.25, 0.3) is 90.9 Å². The lowest BCUT2D eigenvalue weighted by Crippen LogP contribution is -3.00. The standard InChI is InChI=1S/C62H65N15O8.2ClH/c1-75-26-18-37(19-27-75)55-43-10-12-45(69-43)56(38-20-28-76(2)29-21-38)47-14-16-49(71-47)58(50-17-15-48(72-50)57(46-13-11-44(55)70-46)39-22-30-77(3)31-23-39)40-32-41(84-35-53(78)73-51(59(80)82-4)8-6-24-67-61(63)64)34-42(33-40)85-36-54(79)74-52(60(81)83-5)9-7-25-68-62(65)66;;/h10-23,26-34,51-52H,6-9,24-25,35-36H2,1-5H3,(H9-2,63,64,65,66,67,68,69,70,71,72,73,74,78,79);2*1H/t51-,52-;;/m0../s1. The van der Waals surface area contributed by atoms with Crippen molar-refractivity contribution in [1.29, 1.82) is 10.8 Å². The van der Waals surface area contributed by atoms with Gasteiger partial charge in [0.15, 0.2) is 62.3 Å². The highest BCUT2D eigenvalue weighted by Crippen LogP contribution is 2.39. The molecule has 0 spiro atoms. The van der Waals surface area contributed by atoms with Gasteiger partial charge in [0.1, 0.15) is 44.7 Å². The summed E-state index contributed by atoms with van der Waals surface area (Å²) in [5, 5.41) is 25.7. The Morgan fingerprint density at radius 1 is 0.517 bits per heavy atom. The number of pyridine rings is 3. The molecule has 0 aliphatic carbocycles. The zero-order chi connectivity index (χ0) is 60.1. The van der Waals surface area contributed by atoms with E-state index in [4.69, 9.17) is 61.2 Å². The highest BCUT2D eigenvalue weighted by molar-refractivity contribution is 6.00. The van der Waals surface area contributed by atoms with Crippen LogP contribution in [0.4, 0.5) is 0 Å². The number of hydrogen-bond acceptors (Lipinski definition) is 12. The van der Waals surface area contributed by atoms with Crippen LogP contribution in [0.3, 0.4) is 0 Å². The van der Waals surface area contributed by atoms with Crippen molar-refractivity contribution in [2.45, 2.75) is 37.8 Å². The Morgan fingerprint density at radius 2 is 0.828 bits per heavy atom. The maximum Gasteiger partial charge on any atom is 0.328 e. The first-order valence-electron chi connectivity index (χ1n) is 27.3. The first kappa shape index (κ1) is 64.4. The molecular weight excluding hydrogens is 1150 g/mol. The molecular formula is C62H67Cl2N15O8. The molecule has 7 aromatic rings. The summed E-state index contributed by atoms with van der Waals surface area (Å²) < 4.78 is 28.3. The van der Waals surface area contributed by atoms with Gasteiger partial charge in [0, 0.05) is 55.6 Å². The maximum absolute atomic E-state index is 13.7. The molecule has 0 fully saturated rings. The number of hydrogen-bond donors (Lipinski definition) is 8. The van der Waals surface area contributed by atoms with Crippen molar-refractivity contribution in [2.24, 2.45) is 32.6 Å². The molecule has 87 heavy (non-hydrogen) atoms. The number of fused-ring (bicyclic) bond motifs is 8. The fourth-order valence-electron chi connectivity index (χ4n) is 9.77. The summed E-state index contributed by atoms with van der Waals surface area (Å²) >= 11 is 0. The fraction of sp³-hybridized carbons (Fsp3) is 0.242. The number of nitrogens with two attached hydrogens (primary N) is 2. The number of nitrogens with zero attached hydrogens (tertiary/aromatic N) is 7. The number of rotatable bonds is 22. The first-order valence-corrected chi connectivity index (χ1v) is 27.3. The van der Waals surface area contributed by atoms with Gasteiger partial charge in [-0.2, -0.15) is 0 Å². The van der Waals surface area contributed by atoms with E-state index in [0.29, 0.717) is 68.8 Å². The molecule has 10 N–H and O–H groups in total. The van der Waals surface area contributed by atoms with Crippen molar-refractivity contribution in [3.63, 3.8) is 0 Å². The zero-order valence-electron chi connectivity index (χ0n) is 48.4. The summed E-state index contributed by atoms with van der Waals surface area (Å²) in [5.74, 6) is -2.86. The molecule has 9 rings (SSSR count). The topological polar surface area (TPSA) is 319 Å². The molecule has 452 valence electrons. The number of amides is 2. The third-order valence-corrected chi connectivity index (χ3v) is 13.9. The minimum Gasteiger partial charge on any atom is -1.00 e. The van der Waals surface area contributed by atoms with E-state index in [9.17, 15) is 19.2 Å². The SMILES string of the molecule is COC(=O)[C@H](CCCNC(=N)N)NC(=O)COc1cc(OCC(=O)N[C@@H](CCCNC(=N)N)C(=O)OC)cc(-c2c3nc(c(-c4cc[n+](C)cc4)c4ccc([n-]4)c(-c4cc[n+](C)cc4)c4nc(c(-c5cc[n+](C)cc5)c5ccc2[n-]5)C=C4)C=C3)c1.Cl.[Cl-]. The largest absolute Gasteiger partial charge is 1.00 e. The van der Waals surface area contributed by atoms with Crippen molar-refractivity contribution in [3.8, 4) is 56.0 Å². The number of nitrogens with one attached hydrogen (secondary N) is 6. The number of esters is 2. The van der Waals surface area contributed by atoms with Gasteiger partial charge in [-0.1, -0.05) is 24.3 Å². The minimum atomic E-state index is -1.04.